The summed E-state index contributed by atoms with van der Waals surface area (Å²) in [5.74, 6) is 0.674. The Labute approximate surface area is 61.5 Å². The molecule has 2 aromatic heterocycles. The molecule has 0 saturated heterocycles. The number of H-pyrrole nitrogens is 1. The first-order valence-electron chi connectivity index (χ1n) is 2.75. The van der Waals surface area contributed by atoms with E-state index in [0.717, 1.165) is 0 Å². The summed E-state index contributed by atoms with van der Waals surface area (Å²) < 4.78 is 2.33. The van der Waals surface area contributed by atoms with E-state index in [4.69, 9.17) is 12.2 Å². The Morgan fingerprint density at radius 2 is 2.50 bits per heavy atom. The average molecular weight is 152 g/mol. The second kappa shape index (κ2) is 1.88. The van der Waals surface area contributed by atoms with Gasteiger partial charge in [0.05, 0.1) is 0 Å². The highest BCUT2D eigenvalue weighted by Gasteiger charge is 1.89. The van der Waals surface area contributed by atoms with Crippen LogP contribution in [0.3, 0.4) is 0 Å². The lowest BCUT2D eigenvalue weighted by Gasteiger charge is -1.86. The Balaban J connectivity index is 2.99. The fraction of sp³-hybridized carbons (Fsp3) is 0. The first-order valence-corrected chi connectivity index (χ1v) is 3.15. The van der Waals surface area contributed by atoms with Crippen molar-refractivity contribution in [3.05, 3.63) is 23.2 Å². The lowest BCUT2D eigenvalue weighted by molar-refractivity contribution is 1.09. The minimum Gasteiger partial charge on any atom is -0.275 e. The highest BCUT2D eigenvalue weighted by atomic mass is 32.1. The molecule has 0 bridgehead atoms. The standard InChI is InChI=1S/C5H4N4S/c10-4-1-2-9-3-6-8-5(9)7-4/h1-3H,(H,7,8,10). The van der Waals surface area contributed by atoms with Gasteiger partial charge >= 0.3 is 0 Å². The molecule has 10 heavy (non-hydrogen) atoms. The minimum atomic E-state index is 0.573. The molecule has 0 aromatic carbocycles. The Morgan fingerprint density at radius 3 is 3.40 bits per heavy atom. The van der Waals surface area contributed by atoms with Gasteiger partial charge in [0.25, 0.3) is 0 Å². The van der Waals surface area contributed by atoms with Crippen molar-refractivity contribution in [1.82, 2.24) is 19.6 Å². The zero-order chi connectivity index (χ0) is 6.97. The molecule has 4 nitrogen and oxygen atoms in total. The molecule has 0 spiro atoms. The summed E-state index contributed by atoms with van der Waals surface area (Å²) in [6, 6.07) is 1.75. The second-order valence-electron chi connectivity index (χ2n) is 1.85. The Hall–Kier alpha value is -1.23. The van der Waals surface area contributed by atoms with Crippen molar-refractivity contribution in [2.24, 2.45) is 0 Å². The van der Waals surface area contributed by atoms with Crippen molar-refractivity contribution >= 4 is 18.0 Å². The smallest absolute Gasteiger partial charge is 0.230 e. The normalized spacial score (nSPS) is 10.4. The molecule has 0 fully saturated rings. The van der Waals surface area contributed by atoms with E-state index >= 15 is 0 Å². The molecule has 0 atom stereocenters. The quantitative estimate of drug-likeness (QED) is 0.567. The van der Waals surface area contributed by atoms with Gasteiger partial charge in [-0.2, -0.15) is 5.10 Å². The third kappa shape index (κ3) is 0.714. The topological polar surface area (TPSA) is 46.0 Å². The largest absolute Gasteiger partial charge is 0.275 e. The predicted octanol–water partition coefficient (Wildman–Crippen LogP) is 0.787. The average Bonchev–Trinajstić information content (AvgIpc) is 2.33. The predicted molar refractivity (Wildman–Crippen MR) is 38.2 cm³/mol. The first-order chi connectivity index (χ1) is 4.86. The molecular weight excluding hydrogens is 148 g/mol. The number of hydrogen-bond acceptors (Lipinski definition) is 3. The van der Waals surface area contributed by atoms with Crippen LogP contribution >= 0.6 is 12.2 Å². The van der Waals surface area contributed by atoms with E-state index in [1.54, 1.807) is 16.8 Å². The third-order valence-corrected chi connectivity index (χ3v) is 1.41. The Morgan fingerprint density at radius 1 is 1.60 bits per heavy atom. The van der Waals surface area contributed by atoms with Crippen LogP contribution in [0.5, 0.6) is 0 Å². The summed E-state index contributed by atoms with van der Waals surface area (Å²) in [7, 11) is 0. The summed E-state index contributed by atoms with van der Waals surface area (Å²) in [6.45, 7) is 0. The van der Waals surface area contributed by atoms with E-state index in [1.807, 2.05) is 6.20 Å². The Kier molecular flexibility index (Phi) is 1.04. The van der Waals surface area contributed by atoms with E-state index in [9.17, 15) is 0 Å². The van der Waals surface area contributed by atoms with Crippen molar-refractivity contribution in [2.75, 3.05) is 0 Å². The van der Waals surface area contributed by atoms with Crippen LogP contribution in [0.15, 0.2) is 18.6 Å². The van der Waals surface area contributed by atoms with Crippen LogP contribution < -0.4 is 0 Å². The van der Waals surface area contributed by atoms with Crippen LogP contribution in [-0.2, 0) is 0 Å². The van der Waals surface area contributed by atoms with Gasteiger partial charge in [0.2, 0.25) is 5.78 Å². The summed E-state index contributed by atoms with van der Waals surface area (Å²) in [5, 5.41) is 6.47. The van der Waals surface area contributed by atoms with E-state index in [1.165, 1.54) is 0 Å². The molecule has 0 unspecified atom stereocenters. The van der Waals surface area contributed by atoms with Gasteiger partial charge in [-0.1, -0.05) is 12.2 Å². The van der Waals surface area contributed by atoms with Crippen molar-refractivity contribution in [3.63, 3.8) is 0 Å². The number of aromatic nitrogens is 4. The van der Waals surface area contributed by atoms with Crippen LogP contribution in [-0.4, -0.2) is 19.6 Å². The zero-order valence-corrected chi connectivity index (χ0v) is 5.80. The molecular formula is C5H4N4S. The summed E-state index contributed by atoms with van der Waals surface area (Å²) in [6.07, 6.45) is 3.45. The van der Waals surface area contributed by atoms with Gasteiger partial charge in [-0.15, -0.1) is 0 Å². The number of nitrogens with one attached hydrogen (secondary N) is 1. The van der Waals surface area contributed by atoms with E-state index in [2.05, 4.69) is 15.2 Å². The molecule has 0 aliphatic rings. The van der Waals surface area contributed by atoms with Gasteiger partial charge in [-0.05, 0) is 6.07 Å². The van der Waals surface area contributed by atoms with Gasteiger partial charge in [0, 0.05) is 6.20 Å². The zero-order valence-electron chi connectivity index (χ0n) is 4.98. The maximum atomic E-state index is 4.83. The van der Waals surface area contributed by atoms with Crippen molar-refractivity contribution in [2.45, 2.75) is 0 Å². The van der Waals surface area contributed by atoms with E-state index in [-0.39, 0.29) is 0 Å². The monoisotopic (exact) mass is 152 g/mol. The minimum absolute atomic E-state index is 0.573. The molecule has 5 heteroatoms. The highest BCUT2D eigenvalue weighted by Crippen LogP contribution is 1.92. The SMILES string of the molecule is S=c1ccn2cn[nH]c2n1. The van der Waals surface area contributed by atoms with Crippen molar-refractivity contribution in [3.8, 4) is 0 Å². The molecule has 0 amide bonds. The number of aromatic amines is 1. The summed E-state index contributed by atoms with van der Waals surface area (Å²) >= 11 is 4.83. The second-order valence-corrected chi connectivity index (χ2v) is 2.27. The van der Waals surface area contributed by atoms with Crippen LogP contribution in [0.25, 0.3) is 5.78 Å². The molecule has 2 aromatic rings. The van der Waals surface area contributed by atoms with Gasteiger partial charge in [-0.25, -0.2) is 10.1 Å². The fourth-order valence-electron chi connectivity index (χ4n) is 0.739. The molecule has 0 radical (unpaired) electrons. The molecule has 0 aliphatic carbocycles. The van der Waals surface area contributed by atoms with Crippen LogP contribution in [0, 0.1) is 4.64 Å². The van der Waals surface area contributed by atoms with E-state index < -0.39 is 0 Å². The molecule has 2 rings (SSSR count). The highest BCUT2D eigenvalue weighted by molar-refractivity contribution is 7.71. The number of hydrogen-bond donors (Lipinski definition) is 1. The van der Waals surface area contributed by atoms with Gasteiger partial charge in [-0.3, -0.25) is 4.40 Å². The van der Waals surface area contributed by atoms with E-state index in [0.29, 0.717) is 10.4 Å². The molecule has 0 aliphatic heterocycles. The lowest BCUT2D eigenvalue weighted by Crippen LogP contribution is -1.85. The summed E-state index contributed by atoms with van der Waals surface area (Å²) in [4.78, 5) is 4.00. The van der Waals surface area contributed by atoms with Gasteiger partial charge < -0.3 is 0 Å². The van der Waals surface area contributed by atoms with Crippen LogP contribution in [0.2, 0.25) is 0 Å². The Bertz CT molecular complexity index is 401. The first kappa shape index (κ1) is 5.55. The number of fused-ring (bicyclic) bond motifs is 1. The fourth-order valence-corrected chi connectivity index (χ4v) is 0.886. The molecule has 0 saturated carbocycles. The lowest BCUT2D eigenvalue weighted by atomic mass is 10.7. The summed E-state index contributed by atoms with van der Waals surface area (Å²) in [5.41, 5.74) is 0. The maximum Gasteiger partial charge on any atom is 0.230 e. The van der Waals surface area contributed by atoms with Crippen LogP contribution in [0.4, 0.5) is 0 Å². The van der Waals surface area contributed by atoms with Crippen molar-refractivity contribution in [1.29, 1.82) is 0 Å². The maximum absolute atomic E-state index is 4.83. The molecule has 50 valence electrons. The third-order valence-electron chi connectivity index (χ3n) is 1.19. The number of nitrogens with zero attached hydrogens (tertiary/aromatic N) is 3. The van der Waals surface area contributed by atoms with Crippen LogP contribution in [0.1, 0.15) is 0 Å². The van der Waals surface area contributed by atoms with Crippen molar-refractivity contribution < 1.29 is 0 Å². The van der Waals surface area contributed by atoms with Gasteiger partial charge in [0.15, 0.2) is 0 Å². The van der Waals surface area contributed by atoms with Gasteiger partial charge in [0.1, 0.15) is 11.0 Å². The number of rotatable bonds is 0. The molecule has 2 heterocycles. The molecule has 1 N–H and O–H groups in total.